The van der Waals surface area contributed by atoms with E-state index in [4.69, 9.17) is 21.1 Å². The topological polar surface area (TPSA) is 35.5 Å². The van der Waals surface area contributed by atoms with Crippen molar-refractivity contribution in [3.8, 4) is 0 Å². The lowest BCUT2D eigenvalue weighted by Crippen LogP contribution is -2.28. The third-order valence-electron chi connectivity index (χ3n) is 1.13. The molecule has 0 aromatic heterocycles. The van der Waals surface area contributed by atoms with Crippen molar-refractivity contribution >= 4 is 16.8 Å². The SMILES string of the molecule is O=C(Cl)C1COCOC1. The maximum Gasteiger partial charge on any atom is 0.229 e. The van der Waals surface area contributed by atoms with E-state index in [1.165, 1.54) is 0 Å². The Kier molecular flexibility index (Phi) is 2.45. The van der Waals surface area contributed by atoms with Gasteiger partial charge < -0.3 is 9.47 Å². The van der Waals surface area contributed by atoms with E-state index in [1.807, 2.05) is 0 Å². The van der Waals surface area contributed by atoms with Gasteiger partial charge >= 0.3 is 0 Å². The van der Waals surface area contributed by atoms with E-state index in [0.29, 0.717) is 13.2 Å². The predicted octanol–water partition coefficient (Wildman–Crippen LogP) is 0.372. The van der Waals surface area contributed by atoms with E-state index in [1.54, 1.807) is 0 Å². The average Bonchev–Trinajstić information content (AvgIpc) is 1.90. The van der Waals surface area contributed by atoms with Crippen molar-refractivity contribution in [1.29, 1.82) is 0 Å². The van der Waals surface area contributed by atoms with Crippen LogP contribution in [-0.2, 0) is 14.3 Å². The van der Waals surface area contributed by atoms with Crippen molar-refractivity contribution in [3.63, 3.8) is 0 Å². The van der Waals surface area contributed by atoms with E-state index in [-0.39, 0.29) is 18.0 Å². The van der Waals surface area contributed by atoms with Crippen LogP contribution in [0.3, 0.4) is 0 Å². The molecule has 0 aromatic carbocycles. The highest BCUT2D eigenvalue weighted by Crippen LogP contribution is 2.07. The van der Waals surface area contributed by atoms with Crippen LogP contribution >= 0.6 is 11.6 Å². The molecule has 0 bridgehead atoms. The zero-order valence-corrected chi connectivity index (χ0v) is 5.56. The minimum atomic E-state index is -0.380. The molecule has 0 aromatic rings. The van der Waals surface area contributed by atoms with Crippen LogP contribution in [0.4, 0.5) is 0 Å². The Bertz CT molecular complexity index is 109. The fourth-order valence-corrected chi connectivity index (χ4v) is 0.745. The Labute approximate surface area is 57.9 Å². The molecule has 1 aliphatic rings. The number of carbonyl (C=O) groups is 1. The Balaban J connectivity index is 2.31. The fraction of sp³-hybridized carbons (Fsp3) is 0.800. The monoisotopic (exact) mass is 150 g/mol. The summed E-state index contributed by atoms with van der Waals surface area (Å²) in [5.41, 5.74) is 0. The molecule has 0 unspecified atom stereocenters. The van der Waals surface area contributed by atoms with Crippen molar-refractivity contribution in [1.82, 2.24) is 0 Å². The Morgan fingerprint density at radius 2 is 2.00 bits per heavy atom. The van der Waals surface area contributed by atoms with Crippen LogP contribution in [0.25, 0.3) is 0 Å². The summed E-state index contributed by atoms with van der Waals surface area (Å²) in [5.74, 6) is -0.264. The zero-order valence-electron chi connectivity index (χ0n) is 4.80. The number of hydrogen-bond acceptors (Lipinski definition) is 3. The third kappa shape index (κ3) is 1.93. The second-order valence-corrected chi connectivity index (χ2v) is 2.23. The number of halogens is 1. The van der Waals surface area contributed by atoms with Crippen LogP contribution in [0.5, 0.6) is 0 Å². The summed E-state index contributed by atoms with van der Waals surface area (Å²) in [6.45, 7) is 1.06. The summed E-state index contributed by atoms with van der Waals surface area (Å²) in [4.78, 5) is 10.4. The van der Waals surface area contributed by atoms with Gasteiger partial charge in [0.25, 0.3) is 0 Å². The molecule has 0 atom stereocenters. The second-order valence-electron chi connectivity index (χ2n) is 1.86. The molecule has 0 saturated carbocycles. The van der Waals surface area contributed by atoms with Crippen LogP contribution < -0.4 is 0 Å². The van der Waals surface area contributed by atoms with Crippen molar-refractivity contribution < 1.29 is 14.3 Å². The van der Waals surface area contributed by atoms with Gasteiger partial charge in [0, 0.05) is 0 Å². The quantitative estimate of drug-likeness (QED) is 0.507. The standard InChI is InChI=1S/C5H7ClO3/c6-5(7)4-1-8-3-9-2-4/h4H,1-3H2. The summed E-state index contributed by atoms with van der Waals surface area (Å²) in [7, 11) is 0. The molecule has 1 saturated heterocycles. The van der Waals surface area contributed by atoms with Gasteiger partial charge in [0.1, 0.15) is 6.79 Å². The molecule has 9 heavy (non-hydrogen) atoms. The summed E-state index contributed by atoms with van der Waals surface area (Å²) in [6.07, 6.45) is 0. The van der Waals surface area contributed by atoms with Crippen molar-refractivity contribution in [2.75, 3.05) is 20.0 Å². The minimum Gasteiger partial charge on any atom is -0.355 e. The normalized spacial score (nSPS) is 21.9. The molecule has 0 N–H and O–H groups in total. The van der Waals surface area contributed by atoms with Crippen LogP contribution in [-0.4, -0.2) is 25.2 Å². The molecule has 0 aliphatic carbocycles. The summed E-state index contributed by atoms with van der Waals surface area (Å²) < 4.78 is 9.63. The average molecular weight is 151 g/mol. The summed E-state index contributed by atoms with van der Waals surface area (Å²) in [5, 5.41) is -0.380. The van der Waals surface area contributed by atoms with Gasteiger partial charge in [0.15, 0.2) is 0 Å². The maximum atomic E-state index is 10.4. The van der Waals surface area contributed by atoms with Gasteiger partial charge in [-0.25, -0.2) is 0 Å². The largest absolute Gasteiger partial charge is 0.355 e. The molecule has 3 nitrogen and oxygen atoms in total. The molecule has 1 heterocycles. The molecule has 1 rings (SSSR count). The Morgan fingerprint density at radius 3 is 2.33 bits per heavy atom. The van der Waals surface area contributed by atoms with Gasteiger partial charge in [-0.3, -0.25) is 4.79 Å². The van der Waals surface area contributed by atoms with E-state index >= 15 is 0 Å². The third-order valence-corrected chi connectivity index (χ3v) is 1.43. The molecule has 0 radical (unpaired) electrons. The second kappa shape index (κ2) is 3.15. The van der Waals surface area contributed by atoms with Gasteiger partial charge in [-0.05, 0) is 11.6 Å². The Hall–Kier alpha value is -0.120. The van der Waals surface area contributed by atoms with Gasteiger partial charge in [-0.15, -0.1) is 0 Å². The summed E-state index contributed by atoms with van der Waals surface area (Å²) in [6, 6.07) is 0. The molecule has 1 fully saturated rings. The molecule has 52 valence electrons. The zero-order chi connectivity index (χ0) is 6.69. The number of carbonyl (C=O) groups excluding carboxylic acids is 1. The fourth-order valence-electron chi connectivity index (χ4n) is 0.619. The first-order chi connectivity index (χ1) is 4.30. The number of rotatable bonds is 1. The lowest BCUT2D eigenvalue weighted by atomic mass is 10.2. The Morgan fingerprint density at radius 1 is 1.44 bits per heavy atom. The summed E-state index contributed by atoms with van der Waals surface area (Å²) >= 11 is 5.16. The van der Waals surface area contributed by atoms with E-state index in [0.717, 1.165) is 0 Å². The first-order valence-corrected chi connectivity index (χ1v) is 3.03. The molecule has 0 amide bonds. The first-order valence-electron chi connectivity index (χ1n) is 2.65. The molecule has 0 spiro atoms. The molecular weight excluding hydrogens is 144 g/mol. The predicted molar refractivity (Wildman–Crippen MR) is 31.1 cm³/mol. The van der Waals surface area contributed by atoms with Crippen molar-refractivity contribution in [2.24, 2.45) is 5.92 Å². The molecule has 4 heteroatoms. The smallest absolute Gasteiger partial charge is 0.229 e. The van der Waals surface area contributed by atoms with Gasteiger partial charge in [-0.1, -0.05) is 0 Å². The lowest BCUT2D eigenvalue weighted by molar-refractivity contribution is -0.143. The molecule has 1 aliphatic heterocycles. The van der Waals surface area contributed by atoms with Crippen LogP contribution in [0.15, 0.2) is 0 Å². The van der Waals surface area contributed by atoms with Gasteiger partial charge in [0.05, 0.1) is 19.1 Å². The minimum absolute atomic E-state index is 0.264. The van der Waals surface area contributed by atoms with Crippen LogP contribution in [0.2, 0.25) is 0 Å². The van der Waals surface area contributed by atoms with Crippen LogP contribution in [0, 0.1) is 5.92 Å². The van der Waals surface area contributed by atoms with Crippen molar-refractivity contribution in [3.05, 3.63) is 0 Å². The highest BCUT2D eigenvalue weighted by molar-refractivity contribution is 6.64. The number of hydrogen-bond donors (Lipinski definition) is 0. The first kappa shape index (κ1) is 6.99. The van der Waals surface area contributed by atoms with Gasteiger partial charge in [0.2, 0.25) is 5.24 Å². The molecular formula is C5H7ClO3. The van der Waals surface area contributed by atoms with Gasteiger partial charge in [-0.2, -0.15) is 0 Å². The van der Waals surface area contributed by atoms with E-state index in [2.05, 4.69) is 0 Å². The van der Waals surface area contributed by atoms with Crippen LogP contribution in [0.1, 0.15) is 0 Å². The highest BCUT2D eigenvalue weighted by Gasteiger charge is 2.19. The van der Waals surface area contributed by atoms with Crippen molar-refractivity contribution in [2.45, 2.75) is 0 Å². The number of ether oxygens (including phenoxy) is 2. The van der Waals surface area contributed by atoms with E-state index in [9.17, 15) is 4.79 Å². The lowest BCUT2D eigenvalue weighted by Gasteiger charge is -2.18. The highest BCUT2D eigenvalue weighted by atomic mass is 35.5. The maximum absolute atomic E-state index is 10.4. The van der Waals surface area contributed by atoms with E-state index < -0.39 is 0 Å².